The Morgan fingerprint density at radius 2 is 1.89 bits per heavy atom. The number of carbonyl (C=O) groups is 2. The van der Waals surface area contributed by atoms with E-state index in [4.69, 9.17) is 4.74 Å². The number of Topliss-reactive ketones (excluding diaryl/α,β-unsaturated/α-hetero) is 1. The van der Waals surface area contributed by atoms with E-state index >= 15 is 0 Å². The van der Waals surface area contributed by atoms with E-state index in [0.29, 0.717) is 5.56 Å². The van der Waals surface area contributed by atoms with E-state index in [1.54, 1.807) is 33.9 Å². The Morgan fingerprint density at radius 3 is 2.42 bits per heavy atom. The van der Waals surface area contributed by atoms with Crippen molar-refractivity contribution in [3.05, 3.63) is 35.4 Å². The van der Waals surface area contributed by atoms with Gasteiger partial charge >= 0.3 is 6.09 Å². The number of amides is 1. The molecule has 4 heteroatoms. The molecule has 0 aliphatic carbocycles. The molecule has 0 radical (unpaired) electrons. The second-order valence-electron chi connectivity index (χ2n) is 5.63. The van der Waals surface area contributed by atoms with Gasteiger partial charge in [-0.15, -0.1) is 0 Å². The van der Waals surface area contributed by atoms with Crippen molar-refractivity contribution in [3.63, 3.8) is 0 Å². The van der Waals surface area contributed by atoms with E-state index < -0.39 is 11.7 Å². The Bertz CT molecular complexity index is 475. The normalized spacial score (nSPS) is 11.0. The minimum atomic E-state index is -0.558. The van der Waals surface area contributed by atoms with Crippen LogP contribution in [0.5, 0.6) is 0 Å². The molecule has 0 N–H and O–H groups in total. The molecule has 0 fully saturated rings. The van der Waals surface area contributed by atoms with Crippen LogP contribution in [0.25, 0.3) is 0 Å². The van der Waals surface area contributed by atoms with Crippen molar-refractivity contribution in [1.29, 1.82) is 0 Å². The highest BCUT2D eigenvalue weighted by atomic mass is 16.6. The maximum Gasteiger partial charge on any atom is 0.410 e. The summed E-state index contributed by atoms with van der Waals surface area (Å²) in [4.78, 5) is 25.1. The van der Waals surface area contributed by atoms with E-state index in [-0.39, 0.29) is 12.3 Å². The maximum absolute atomic E-state index is 12.0. The number of likely N-dealkylation sites (N-methyl/N-ethyl adjacent to an activating group) is 1. The van der Waals surface area contributed by atoms with Gasteiger partial charge in [-0.25, -0.2) is 4.79 Å². The molecule has 4 nitrogen and oxygen atoms in total. The highest BCUT2D eigenvalue weighted by Crippen LogP contribution is 2.10. The van der Waals surface area contributed by atoms with E-state index in [9.17, 15) is 9.59 Å². The molecule has 19 heavy (non-hydrogen) atoms. The summed E-state index contributed by atoms with van der Waals surface area (Å²) in [5.41, 5.74) is 1.07. The van der Waals surface area contributed by atoms with E-state index in [2.05, 4.69) is 0 Å². The first kappa shape index (κ1) is 15.2. The van der Waals surface area contributed by atoms with E-state index in [1.165, 1.54) is 4.90 Å². The summed E-state index contributed by atoms with van der Waals surface area (Å²) in [6.45, 7) is 7.32. The molecule has 1 rings (SSSR count). The lowest BCUT2D eigenvalue weighted by atomic mass is 10.1. The smallest absolute Gasteiger partial charge is 0.410 e. The summed E-state index contributed by atoms with van der Waals surface area (Å²) < 4.78 is 5.19. The largest absolute Gasteiger partial charge is 0.444 e. The predicted molar refractivity (Wildman–Crippen MR) is 74.4 cm³/mol. The Labute approximate surface area is 114 Å². The summed E-state index contributed by atoms with van der Waals surface area (Å²) in [6, 6.07) is 7.31. The molecule has 0 unspecified atom stereocenters. The fourth-order valence-electron chi connectivity index (χ4n) is 1.53. The topological polar surface area (TPSA) is 46.6 Å². The molecule has 0 aliphatic heterocycles. The van der Waals surface area contributed by atoms with Crippen molar-refractivity contribution < 1.29 is 14.3 Å². The molecule has 0 heterocycles. The third-order valence-corrected chi connectivity index (χ3v) is 2.43. The predicted octanol–water partition coefficient (Wildman–Crippen LogP) is 3.04. The number of ketones is 1. The quantitative estimate of drug-likeness (QED) is 0.787. The number of carbonyl (C=O) groups excluding carboxylic acids is 2. The SMILES string of the molecule is Cc1cccc(C(=O)CN(C)C(=O)OC(C)(C)C)c1. The first-order valence-corrected chi connectivity index (χ1v) is 6.23. The van der Waals surface area contributed by atoms with Crippen LogP contribution >= 0.6 is 0 Å². The Hall–Kier alpha value is -1.84. The van der Waals surface area contributed by atoms with Gasteiger partial charge < -0.3 is 9.64 Å². The number of benzene rings is 1. The number of hydrogen-bond donors (Lipinski definition) is 0. The maximum atomic E-state index is 12.0. The number of ether oxygens (including phenoxy) is 1. The second-order valence-corrected chi connectivity index (χ2v) is 5.63. The zero-order valence-corrected chi connectivity index (χ0v) is 12.2. The van der Waals surface area contributed by atoms with Crippen molar-refractivity contribution in [2.24, 2.45) is 0 Å². The van der Waals surface area contributed by atoms with Gasteiger partial charge in [-0.1, -0.05) is 23.8 Å². The molecular weight excluding hydrogens is 242 g/mol. The molecule has 0 atom stereocenters. The van der Waals surface area contributed by atoms with Gasteiger partial charge in [0.1, 0.15) is 5.60 Å². The molecule has 1 aromatic carbocycles. The van der Waals surface area contributed by atoms with Crippen LogP contribution in [-0.2, 0) is 4.74 Å². The van der Waals surface area contributed by atoms with Crippen molar-refractivity contribution in [2.45, 2.75) is 33.3 Å². The van der Waals surface area contributed by atoms with Crippen LogP contribution in [0.1, 0.15) is 36.7 Å². The number of rotatable bonds is 3. The van der Waals surface area contributed by atoms with Crippen LogP contribution in [0.4, 0.5) is 4.79 Å². The average Bonchev–Trinajstić information content (AvgIpc) is 2.26. The lowest BCUT2D eigenvalue weighted by molar-refractivity contribution is 0.0295. The highest BCUT2D eigenvalue weighted by Gasteiger charge is 2.21. The molecule has 0 spiro atoms. The number of aryl methyl sites for hydroxylation is 1. The first-order chi connectivity index (χ1) is 8.69. The van der Waals surface area contributed by atoms with Gasteiger partial charge in [0.15, 0.2) is 5.78 Å². The standard InChI is InChI=1S/C15H21NO3/c1-11-7-6-8-12(9-11)13(17)10-16(5)14(18)19-15(2,3)4/h6-9H,10H2,1-5H3. The summed E-state index contributed by atoms with van der Waals surface area (Å²) >= 11 is 0. The van der Waals surface area contributed by atoms with Gasteiger partial charge in [-0.2, -0.15) is 0 Å². The van der Waals surface area contributed by atoms with E-state index in [0.717, 1.165) is 5.56 Å². The molecule has 1 aromatic rings. The van der Waals surface area contributed by atoms with Crippen LogP contribution < -0.4 is 0 Å². The van der Waals surface area contributed by atoms with Gasteiger partial charge in [0, 0.05) is 12.6 Å². The number of nitrogens with zero attached hydrogens (tertiary/aromatic N) is 1. The van der Waals surface area contributed by atoms with Crippen LogP contribution in [0.2, 0.25) is 0 Å². The Morgan fingerprint density at radius 1 is 1.26 bits per heavy atom. The van der Waals surface area contributed by atoms with Gasteiger partial charge in [0.25, 0.3) is 0 Å². The van der Waals surface area contributed by atoms with Gasteiger partial charge in [-0.05, 0) is 33.8 Å². The third kappa shape index (κ3) is 5.12. The Balaban J connectivity index is 2.64. The average molecular weight is 263 g/mol. The molecule has 0 bridgehead atoms. The van der Waals surface area contributed by atoms with Gasteiger partial charge in [0.2, 0.25) is 0 Å². The lowest BCUT2D eigenvalue weighted by Crippen LogP contribution is -2.37. The van der Waals surface area contributed by atoms with Crippen LogP contribution in [0.3, 0.4) is 0 Å². The van der Waals surface area contributed by atoms with Crippen LogP contribution in [0, 0.1) is 6.92 Å². The van der Waals surface area contributed by atoms with Crippen molar-refractivity contribution in [1.82, 2.24) is 4.90 Å². The minimum absolute atomic E-state index is 0.0123. The molecule has 1 amide bonds. The molecule has 0 aliphatic rings. The fourth-order valence-corrected chi connectivity index (χ4v) is 1.53. The summed E-state index contributed by atoms with van der Waals surface area (Å²) in [6.07, 6.45) is -0.492. The van der Waals surface area contributed by atoms with Crippen molar-refractivity contribution in [3.8, 4) is 0 Å². The van der Waals surface area contributed by atoms with Crippen LogP contribution in [-0.4, -0.2) is 36.0 Å². The number of hydrogen-bond acceptors (Lipinski definition) is 3. The summed E-state index contributed by atoms with van der Waals surface area (Å²) in [7, 11) is 1.56. The summed E-state index contributed by atoms with van der Waals surface area (Å²) in [5.74, 6) is -0.0999. The second kappa shape index (κ2) is 5.87. The Kier molecular flexibility index (Phi) is 4.70. The summed E-state index contributed by atoms with van der Waals surface area (Å²) in [5, 5.41) is 0. The van der Waals surface area contributed by atoms with Gasteiger partial charge in [-0.3, -0.25) is 4.79 Å². The zero-order valence-electron chi connectivity index (χ0n) is 12.2. The zero-order chi connectivity index (χ0) is 14.6. The minimum Gasteiger partial charge on any atom is -0.444 e. The molecular formula is C15H21NO3. The lowest BCUT2D eigenvalue weighted by Gasteiger charge is -2.24. The van der Waals surface area contributed by atoms with Crippen molar-refractivity contribution in [2.75, 3.05) is 13.6 Å². The first-order valence-electron chi connectivity index (χ1n) is 6.23. The van der Waals surface area contributed by atoms with E-state index in [1.807, 2.05) is 25.1 Å². The molecule has 0 saturated heterocycles. The van der Waals surface area contributed by atoms with Crippen molar-refractivity contribution >= 4 is 11.9 Å². The van der Waals surface area contributed by atoms with Gasteiger partial charge in [0.05, 0.1) is 6.54 Å². The molecule has 0 aromatic heterocycles. The monoisotopic (exact) mass is 263 g/mol. The molecule has 0 saturated carbocycles. The fraction of sp³-hybridized carbons (Fsp3) is 0.467. The van der Waals surface area contributed by atoms with Crippen LogP contribution in [0.15, 0.2) is 24.3 Å². The highest BCUT2D eigenvalue weighted by molar-refractivity contribution is 5.99. The third-order valence-electron chi connectivity index (χ3n) is 2.43. The molecule has 104 valence electrons.